The SMILES string of the molecule is CC(O)C(NC(=O)CON=C1C=C2CCC3C(CCC4(C)C(O)CCC34)C2(C)CC1)C(=O)O. The summed E-state index contributed by atoms with van der Waals surface area (Å²) in [5.74, 6) is 0.00935. The topological polar surface area (TPSA) is 128 Å². The van der Waals surface area contributed by atoms with Gasteiger partial charge in [-0.25, -0.2) is 4.79 Å². The minimum absolute atomic E-state index is 0.0852. The molecular weight excluding hydrogens is 424 g/mol. The molecule has 8 atom stereocenters. The summed E-state index contributed by atoms with van der Waals surface area (Å²) in [5.41, 5.74) is 2.47. The largest absolute Gasteiger partial charge is 0.480 e. The minimum Gasteiger partial charge on any atom is -0.480 e. The second-order valence-electron chi connectivity index (χ2n) is 11.1. The van der Waals surface area contributed by atoms with Crippen molar-refractivity contribution in [1.82, 2.24) is 5.32 Å². The first-order chi connectivity index (χ1) is 15.6. The zero-order chi connectivity index (χ0) is 24.0. The van der Waals surface area contributed by atoms with Gasteiger partial charge < -0.3 is 25.5 Å². The molecule has 8 heteroatoms. The van der Waals surface area contributed by atoms with Gasteiger partial charge in [0.25, 0.3) is 5.91 Å². The number of nitrogens with zero attached hydrogens (tertiary/aromatic N) is 1. The molecule has 0 radical (unpaired) electrons. The van der Waals surface area contributed by atoms with E-state index in [1.165, 1.54) is 18.9 Å². The Bertz CT molecular complexity index is 854. The minimum atomic E-state index is -1.38. The van der Waals surface area contributed by atoms with Gasteiger partial charge in [-0.1, -0.05) is 24.6 Å². The lowest BCUT2D eigenvalue weighted by atomic mass is 9.47. The molecule has 33 heavy (non-hydrogen) atoms. The maximum absolute atomic E-state index is 12.0. The van der Waals surface area contributed by atoms with E-state index in [9.17, 15) is 19.8 Å². The summed E-state index contributed by atoms with van der Waals surface area (Å²) >= 11 is 0. The van der Waals surface area contributed by atoms with E-state index in [0.717, 1.165) is 50.7 Å². The fraction of sp³-hybridized carbons (Fsp3) is 0.800. The van der Waals surface area contributed by atoms with Crippen LogP contribution in [0.15, 0.2) is 16.8 Å². The summed E-state index contributed by atoms with van der Waals surface area (Å²) in [6, 6.07) is -1.38. The number of carbonyl (C=O) groups excluding carboxylic acids is 1. The van der Waals surface area contributed by atoms with E-state index in [1.807, 2.05) is 0 Å². The maximum atomic E-state index is 12.0. The molecule has 1 amide bonds. The van der Waals surface area contributed by atoms with Gasteiger partial charge >= 0.3 is 5.97 Å². The summed E-state index contributed by atoms with van der Waals surface area (Å²) < 4.78 is 0. The van der Waals surface area contributed by atoms with Gasteiger partial charge in [0, 0.05) is 0 Å². The van der Waals surface area contributed by atoms with Gasteiger partial charge in [-0.05, 0) is 93.0 Å². The third-order valence-corrected chi connectivity index (χ3v) is 9.37. The molecule has 3 saturated carbocycles. The fourth-order valence-electron chi connectivity index (χ4n) is 7.39. The van der Waals surface area contributed by atoms with Gasteiger partial charge in [0.1, 0.15) is 0 Å². The van der Waals surface area contributed by atoms with Crippen LogP contribution < -0.4 is 5.32 Å². The molecule has 0 bridgehead atoms. The van der Waals surface area contributed by atoms with Gasteiger partial charge in [0.2, 0.25) is 0 Å². The van der Waals surface area contributed by atoms with Gasteiger partial charge in [-0.2, -0.15) is 0 Å². The van der Waals surface area contributed by atoms with Crippen molar-refractivity contribution in [2.45, 2.75) is 90.4 Å². The third-order valence-electron chi connectivity index (χ3n) is 9.37. The summed E-state index contributed by atoms with van der Waals surface area (Å²) in [4.78, 5) is 28.3. The molecule has 0 aromatic heterocycles. The molecule has 0 aliphatic heterocycles. The highest BCUT2D eigenvalue weighted by molar-refractivity contribution is 5.96. The van der Waals surface area contributed by atoms with E-state index in [1.54, 1.807) is 0 Å². The van der Waals surface area contributed by atoms with Crippen molar-refractivity contribution in [1.29, 1.82) is 0 Å². The predicted octanol–water partition coefficient (Wildman–Crippen LogP) is 2.63. The van der Waals surface area contributed by atoms with Crippen molar-refractivity contribution in [2.24, 2.45) is 33.7 Å². The lowest BCUT2D eigenvalue weighted by molar-refractivity contribution is -0.145. The molecule has 4 aliphatic rings. The van der Waals surface area contributed by atoms with Crippen LogP contribution in [-0.4, -0.2) is 57.8 Å². The van der Waals surface area contributed by atoms with E-state index in [4.69, 9.17) is 9.94 Å². The Balaban J connectivity index is 1.39. The average Bonchev–Trinajstić information content (AvgIpc) is 3.06. The number of carbonyl (C=O) groups is 2. The number of hydrogen-bond donors (Lipinski definition) is 4. The highest BCUT2D eigenvalue weighted by Gasteiger charge is 2.58. The molecule has 184 valence electrons. The highest BCUT2D eigenvalue weighted by Crippen LogP contribution is 2.65. The Kier molecular flexibility index (Phi) is 6.62. The first-order valence-electron chi connectivity index (χ1n) is 12.3. The number of oxime groups is 1. The van der Waals surface area contributed by atoms with Crippen LogP contribution in [-0.2, 0) is 14.4 Å². The van der Waals surface area contributed by atoms with E-state index in [2.05, 4.69) is 30.4 Å². The number of carboxylic acids is 1. The van der Waals surface area contributed by atoms with E-state index < -0.39 is 30.6 Å². The number of fused-ring (bicyclic) bond motifs is 5. The summed E-state index contributed by atoms with van der Waals surface area (Å²) in [6.45, 7) is 5.62. The number of hydrogen-bond acceptors (Lipinski definition) is 6. The molecule has 0 spiro atoms. The third kappa shape index (κ3) is 4.32. The van der Waals surface area contributed by atoms with Crippen LogP contribution in [0.25, 0.3) is 0 Å². The van der Waals surface area contributed by atoms with E-state index >= 15 is 0 Å². The normalized spacial score (nSPS) is 40.6. The van der Waals surface area contributed by atoms with Gasteiger partial charge in [0.15, 0.2) is 12.6 Å². The quantitative estimate of drug-likeness (QED) is 0.449. The first-order valence-corrected chi connectivity index (χ1v) is 12.3. The van der Waals surface area contributed by atoms with Gasteiger partial charge in [-0.15, -0.1) is 0 Å². The second kappa shape index (κ2) is 9.02. The number of nitrogens with one attached hydrogen (secondary N) is 1. The van der Waals surface area contributed by atoms with Crippen molar-refractivity contribution in [3.05, 3.63) is 11.6 Å². The van der Waals surface area contributed by atoms with E-state index in [0.29, 0.717) is 17.8 Å². The van der Waals surface area contributed by atoms with Crippen LogP contribution >= 0.6 is 0 Å². The van der Waals surface area contributed by atoms with Crippen molar-refractivity contribution in [2.75, 3.05) is 6.61 Å². The smallest absolute Gasteiger partial charge is 0.328 e. The number of carboxylic acid groups (broad SMARTS) is 1. The fourth-order valence-corrected chi connectivity index (χ4v) is 7.39. The molecule has 4 rings (SSSR count). The maximum Gasteiger partial charge on any atom is 0.328 e. The van der Waals surface area contributed by atoms with Crippen LogP contribution in [0.4, 0.5) is 0 Å². The predicted molar refractivity (Wildman–Crippen MR) is 122 cm³/mol. The lowest BCUT2D eigenvalue weighted by Gasteiger charge is -2.57. The lowest BCUT2D eigenvalue weighted by Crippen LogP contribution is -2.51. The van der Waals surface area contributed by atoms with Crippen LogP contribution in [0.5, 0.6) is 0 Å². The summed E-state index contributed by atoms with van der Waals surface area (Å²) in [6.07, 6.45) is 9.11. The Morgan fingerprint density at radius 2 is 1.94 bits per heavy atom. The highest BCUT2D eigenvalue weighted by atomic mass is 16.6. The monoisotopic (exact) mass is 462 g/mol. The molecule has 8 nitrogen and oxygen atoms in total. The first kappa shape index (κ1) is 24.2. The number of aliphatic hydroxyl groups is 2. The zero-order valence-electron chi connectivity index (χ0n) is 19.9. The molecule has 0 aromatic rings. The second-order valence-corrected chi connectivity index (χ2v) is 11.1. The molecule has 4 aliphatic carbocycles. The summed E-state index contributed by atoms with van der Waals surface area (Å²) in [5, 5.41) is 35.5. The number of aliphatic hydroxyl groups excluding tert-OH is 2. The Morgan fingerprint density at radius 3 is 2.64 bits per heavy atom. The van der Waals surface area contributed by atoms with Crippen molar-refractivity contribution in [3.8, 4) is 0 Å². The number of allylic oxidation sites excluding steroid dienone is 2. The van der Waals surface area contributed by atoms with Crippen LogP contribution in [0.1, 0.15) is 72.1 Å². The molecule has 0 saturated heterocycles. The Morgan fingerprint density at radius 1 is 1.18 bits per heavy atom. The molecule has 4 N–H and O–H groups in total. The number of amides is 1. The van der Waals surface area contributed by atoms with Crippen molar-refractivity contribution in [3.63, 3.8) is 0 Å². The average molecular weight is 463 g/mol. The van der Waals surface area contributed by atoms with Crippen molar-refractivity contribution < 1.29 is 29.7 Å². The Hall–Kier alpha value is -1.93. The molecule has 3 fully saturated rings. The van der Waals surface area contributed by atoms with Crippen molar-refractivity contribution >= 4 is 17.6 Å². The Labute approximate surface area is 195 Å². The van der Waals surface area contributed by atoms with Gasteiger partial charge in [0.05, 0.1) is 17.9 Å². The summed E-state index contributed by atoms with van der Waals surface area (Å²) in [7, 11) is 0. The zero-order valence-corrected chi connectivity index (χ0v) is 19.9. The van der Waals surface area contributed by atoms with E-state index in [-0.39, 0.29) is 16.9 Å². The molecule has 8 unspecified atom stereocenters. The van der Waals surface area contributed by atoms with Gasteiger partial charge in [-0.3, -0.25) is 4.79 Å². The standard InChI is InChI=1S/C25H38N2O6/c1-14(28)22(23(31)32)26-21(30)13-33-27-16-8-10-24(2)15(12-16)4-5-17-18-6-7-20(29)25(18,3)11-9-19(17)24/h12,14,17-20,22,28-29H,4-11,13H2,1-3H3,(H,26,30)(H,31,32). The molecule has 0 heterocycles. The van der Waals surface area contributed by atoms with Crippen LogP contribution in [0, 0.1) is 28.6 Å². The molecular formula is C25H38N2O6. The van der Waals surface area contributed by atoms with Crippen LogP contribution in [0.2, 0.25) is 0 Å². The number of rotatable bonds is 6. The number of aliphatic carboxylic acids is 1. The van der Waals surface area contributed by atoms with Crippen LogP contribution in [0.3, 0.4) is 0 Å². The molecule has 0 aromatic carbocycles.